The van der Waals surface area contributed by atoms with Crippen molar-refractivity contribution >= 4 is 35.0 Å². The molecule has 0 bridgehead atoms. The maximum absolute atomic E-state index is 13.0. The van der Waals surface area contributed by atoms with E-state index in [1.54, 1.807) is 32.2 Å². The molecule has 30 heavy (non-hydrogen) atoms. The number of amides is 2. The lowest BCUT2D eigenvalue weighted by Gasteiger charge is -2.28. The largest absolute Gasteiger partial charge is 0.497 e. The highest BCUT2D eigenvalue weighted by Crippen LogP contribution is 2.27. The van der Waals surface area contributed by atoms with Gasteiger partial charge in [-0.3, -0.25) is 9.59 Å². The molecule has 2 aromatic carbocycles. The molecule has 0 spiro atoms. The summed E-state index contributed by atoms with van der Waals surface area (Å²) in [6, 6.07) is 11.4. The van der Waals surface area contributed by atoms with Gasteiger partial charge in [0, 0.05) is 18.1 Å². The van der Waals surface area contributed by atoms with Crippen molar-refractivity contribution in [1.82, 2.24) is 10.2 Å². The molecule has 1 atom stereocenters. The van der Waals surface area contributed by atoms with Crippen LogP contribution >= 0.6 is 23.2 Å². The number of halogens is 2. The lowest BCUT2D eigenvalue weighted by atomic mass is 10.1. The molecule has 2 aromatic rings. The number of nitrogens with one attached hydrogen (secondary N) is 1. The zero-order chi connectivity index (χ0) is 22.1. The summed E-state index contributed by atoms with van der Waals surface area (Å²) < 4.78 is 10.8. The van der Waals surface area contributed by atoms with Gasteiger partial charge in [-0.2, -0.15) is 0 Å². The zero-order valence-corrected chi connectivity index (χ0v) is 18.8. The van der Waals surface area contributed by atoms with Gasteiger partial charge in [-0.1, -0.05) is 42.3 Å². The Morgan fingerprint density at radius 2 is 1.83 bits per heavy atom. The Kier molecular flexibility index (Phi) is 9.27. The topological polar surface area (TPSA) is 67.9 Å². The van der Waals surface area contributed by atoms with Crippen LogP contribution < -0.4 is 14.8 Å². The van der Waals surface area contributed by atoms with E-state index in [4.69, 9.17) is 32.7 Å². The van der Waals surface area contributed by atoms with Crippen LogP contribution in [0.2, 0.25) is 10.0 Å². The first-order valence-electron chi connectivity index (χ1n) is 9.63. The Labute approximate surface area is 187 Å². The lowest BCUT2D eigenvalue weighted by Crippen LogP contribution is -2.49. The van der Waals surface area contributed by atoms with Gasteiger partial charge in [0.25, 0.3) is 5.91 Å². The third-order valence-corrected chi connectivity index (χ3v) is 5.00. The summed E-state index contributed by atoms with van der Waals surface area (Å²) in [4.78, 5) is 27.0. The minimum absolute atomic E-state index is 0.219. The summed E-state index contributed by atoms with van der Waals surface area (Å²) in [5, 5.41) is 3.62. The molecule has 2 amide bonds. The Morgan fingerprint density at radius 3 is 2.43 bits per heavy atom. The number of rotatable bonds is 10. The molecule has 0 radical (unpaired) electrons. The number of hydrogen-bond donors (Lipinski definition) is 1. The van der Waals surface area contributed by atoms with Crippen molar-refractivity contribution in [3.05, 3.63) is 58.1 Å². The number of hydrogen-bond acceptors (Lipinski definition) is 4. The first-order chi connectivity index (χ1) is 14.3. The summed E-state index contributed by atoms with van der Waals surface area (Å²) in [5.74, 6) is 0.507. The van der Waals surface area contributed by atoms with E-state index in [9.17, 15) is 9.59 Å². The molecule has 0 fully saturated rings. The second kappa shape index (κ2) is 11.7. The summed E-state index contributed by atoms with van der Waals surface area (Å²) in [6.07, 6.45) is 0.809. The number of benzene rings is 2. The van der Waals surface area contributed by atoms with Crippen LogP contribution in [0, 0.1) is 0 Å². The molecule has 6 nitrogen and oxygen atoms in total. The Morgan fingerprint density at radius 1 is 1.13 bits per heavy atom. The normalized spacial score (nSPS) is 11.5. The summed E-state index contributed by atoms with van der Waals surface area (Å²) >= 11 is 12.0. The molecular formula is C22H26Cl2N2O4. The van der Waals surface area contributed by atoms with Gasteiger partial charge >= 0.3 is 0 Å². The second-order valence-electron chi connectivity index (χ2n) is 6.70. The van der Waals surface area contributed by atoms with Crippen molar-refractivity contribution in [2.45, 2.75) is 32.9 Å². The lowest BCUT2D eigenvalue weighted by molar-refractivity contribution is -0.142. The first kappa shape index (κ1) is 23.8. The predicted molar refractivity (Wildman–Crippen MR) is 118 cm³/mol. The molecule has 0 unspecified atom stereocenters. The van der Waals surface area contributed by atoms with Crippen LogP contribution in [0.15, 0.2) is 42.5 Å². The summed E-state index contributed by atoms with van der Waals surface area (Å²) in [7, 11) is 1.59. The van der Waals surface area contributed by atoms with Gasteiger partial charge in [-0.25, -0.2) is 0 Å². The highest BCUT2D eigenvalue weighted by Gasteiger charge is 2.26. The van der Waals surface area contributed by atoms with E-state index >= 15 is 0 Å². The Bertz CT molecular complexity index is 859. The van der Waals surface area contributed by atoms with Crippen molar-refractivity contribution in [2.75, 3.05) is 20.3 Å². The Balaban J connectivity index is 2.15. The van der Waals surface area contributed by atoms with E-state index < -0.39 is 6.04 Å². The fourth-order valence-corrected chi connectivity index (χ4v) is 3.18. The number of carbonyl (C=O) groups is 2. The van der Waals surface area contributed by atoms with Crippen LogP contribution in [0.3, 0.4) is 0 Å². The van der Waals surface area contributed by atoms with E-state index in [1.807, 2.05) is 31.2 Å². The van der Waals surface area contributed by atoms with Gasteiger partial charge in [-0.05, 0) is 49.2 Å². The van der Waals surface area contributed by atoms with E-state index in [2.05, 4.69) is 5.32 Å². The van der Waals surface area contributed by atoms with Gasteiger partial charge in [0.15, 0.2) is 6.61 Å². The zero-order valence-electron chi connectivity index (χ0n) is 17.3. The monoisotopic (exact) mass is 452 g/mol. The summed E-state index contributed by atoms with van der Waals surface area (Å²) in [6.45, 7) is 4.20. The van der Waals surface area contributed by atoms with E-state index in [0.29, 0.717) is 28.1 Å². The second-order valence-corrected chi connectivity index (χ2v) is 7.54. The van der Waals surface area contributed by atoms with Crippen LogP contribution in [0.25, 0.3) is 0 Å². The standard InChI is InChI=1S/C22H26Cl2N2O4/c1-4-11-25-22(28)15(2)26(13-16-5-8-18(29-3)9-6-16)21(27)14-30-20-10-7-17(23)12-19(20)24/h5-10,12,15H,4,11,13-14H2,1-3H3,(H,25,28)/t15-/m0/s1. The molecule has 0 aliphatic carbocycles. The quantitative estimate of drug-likeness (QED) is 0.582. The third-order valence-electron chi connectivity index (χ3n) is 4.47. The van der Waals surface area contributed by atoms with Crippen LogP contribution in [0.1, 0.15) is 25.8 Å². The van der Waals surface area contributed by atoms with Crippen LogP contribution in [0.5, 0.6) is 11.5 Å². The van der Waals surface area contributed by atoms with Crippen LogP contribution in [0.4, 0.5) is 0 Å². The minimum atomic E-state index is -0.671. The van der Waals surface area contributed by atoms with Gasteiger partial charge < -0.3 is 19.7 Å². The van der Waals surface area contributed by atoms with E-state index in [1.165, 1.54) is 4.90 Å². The highest BCUT2D eigenvalue weighted by molar-refractivity contribution is 6.35. The molecule has 162 valence electrons. The SMILES string of the molecule is CCCNC(=O)[C@H](C)N(Cc1ccc(OC)cc1)C(=O)COc1ccc(Cl)cc1Cl. The van der Waals surface area contributed by atoms with Crippen molar-refractivity contribution in [3.8, 4) is 11.5 Å². The molecule has 2 rings (SSSR count). The van der Waals surface area contributed by atoms with Crippen molar-refractivity contribution < 1.29 is 19.1 Å². The maximum Gasteiger partial charge on any atom is 0.261 e. The van der Waals surface area contributed by atoms with Crippen LogP contribution in [-0.2, 0) is 16.1 Å². The van der Waals surface area contributed by atoms with E-state index in [-0.39, 0.29) is 25.0 Å². The predicted octanol–water partition coefficient (Wildman–Crippen LogP) is 4.32. The number of nitrogens with zero attached hydrogens (tertiary/aromatic N) is 1. The third kappa shape index (κ3) is 6.82. The number of methoxy groups -OCH3 is 1. The average molecular weight is 453 g/mol. The Hall–Kier alpha value is -2.44. The van der Waals surface area contributed by atoms with Gasteiger partial charge in [0.1, 0.15) is 17.5 Å². The van der Waals surface area contributed by atoms with Crippen molar-refractivity contribution in [3.63, 3.8) is 0 Å². The maximum atomic E-state index is 13.0. The first-order valence-corrected chi connectivity index (χ1v) is 10.4. The highest BCUT2D eigenvalue weighted by atomic mass is 35.5. The fraction of sp³-hybridized carbons (Fsp3) is 0.364. The molecule has 0 aromatic heterocycles. The minimum Gasteiger partial charge on any atom is -0.497 e. The average Bonchev–Trinajstić information content (AvgIpc) is 2.74. The molecule has 0 aliphatic heterocycles. The van der Waals surface area contributed by atoms with Crippen molar-refractivity contribution in [2.24, 2.45) is 0 Å². The molecule has 8 heteroatoms. The van der Waals surface area contributed by atoms with Gasteiger partial charge in [0.2, 0.25) is 5.91 Å². The van der Waals surface area contributed by atoms with Crippen molar-refractivity contribution in [1.29, 1.82) is 0 Å². The molecule has 1 N–H and O–H groups in total. The summed E-state index contributed by atoms with van der Waals surface area (Å²) in [5.41, 5.74) is 0.865. The molecule has 0 heterocycles. The molecule has 0 aliphatic rings. The molecule has 0 saturated heterocycles. The fourth-order valence-electron chi connectivity index (χ4n) is 2.72. The smallest absolute Gasteiger partial charge is 0.261 e. The van der Waals surface area contributed by atoms with E-state index in [0.717, 1.165) is 12.0 Å². The number of ether oxygens (including phenoxy) is 2. The van der Waals surface area contributed by atoms with Gasteiger partial charge in [0.05, 0.1) is 12.1 Å². The molecule has 0 saturated carbocycles. The number of carbonyl (C=O) groups excluding carboxylic acids is 2. The molecular weight excluding hydrogens is 427 g/mol. The van der Waals surface area contributed by atoms with Gasteiger partial charge in [-0.15, -0.1) is 0 Å². The van der Waals surface area contributed by atoms with Crippen LogP contribution in [-0.4, -0.2) is 43.0 Å².